The third-order valence-electron chi connectivity index (χ3n) is 1.60. The van der Waals surface area contributed by atoms with Crippen molar-refractivity contribution in [2.45, 2.75) is 13.5 Å². The summed E-state index contributed by atoms with van der Waals surface area (Å²) in [4.78, 5) is 11.2. The number of esters is 1. The van der Waals surface area contributed by atoms with Crippen LogP contribution in [0.25, 0.3) is 0 Å². The van der Waals surface area contributed by atoms with E-state index in [0.717, 1.165) is 0 Å². The minimum absolute atomic E-state index is 0.0666. The maximum atomic E-state index is 12.0. The van der Waals surface area contributed by atoms with E-state index in [1.165, 1.54) is 10.9 Å². The van der Waals surface area contributed by atoms with E-state index in [9.17, 15) is 9.18 Å². The van der Waals surface area contributed by atoms with Crippen molar-refractivity contribution in [1.29, 1.82) is 0 Å². The molecule has 0 saturated carbocycles. The summed E-state index contributed by atoms with van der Waals surface area (Å²) < 4.78 is 18.0. The molecule has 5 nitrogen and oxygen atoms in total. The molecule has 1 aromatic heterocycles. The first-order valence-corrected chi connectivity index (χ1v) is 4.25. The predicted octanol–water partition coefficient (Wildman–Crippen LogP) is 0.612. The summed E-state index contributed by atoms with van der Waals surface area (Å²) in [5.41, 5.74) is 5.63. The fourth-order valence-electron chi connectivity index (χ4n) is 1.00. The Morgan fingerprint density at radius 3 is 3.07 bits per heavy atom. The molecular formula is C8H12FN3O2. The van der Waals surface area contributed by atoms with Crippen molar-refractivity contribution in [2.75, 3.05) is 19.0 Å². The number of aryl methyl sites for hydroxylation is 1. The van der Waals surface area contributed by atoms with Gasteiger partial charge in [-0.2, -0.15) is 5.10 Å². The highest BCUT2D eigenvalue weighted by atomic mass is 19.1. The van der Waals surface area contributed by atoms with Crippen LogP contribution in [0.15, 0.2) is 6.20 Å². The first-order valence-electron chi connectivity index (χ1n) is 4.25. The van der Waals surface area contributed by atoms with Crippen molar-refractivity contribution in [1.82, 2.24) is 9.78 Å². The highest BCUT2D eigenvalue weighted by molar-refractivity contribution is 5.93. The number of halogens is 1. The number of nitrogens with zero attached hydrogens (tertiary/aromatic N) is 2. The van der Waals surface area contributed by atoms with Gasteiger partial charge in [0.25, 0.3) is 0 Å². The van der Waals surface area contributed by atoms with E-state index in [4.69, 9.17) is 10.5 Å². The van der Waals surface area contributed by atoms with E-state index >= 15 is 0 Å². The van der Waals surface area contributed by atoms with Crippen LogP contribution < -0.4 is 5.73 Å². The quantitative estimate of drug-likeness (QED) is 0.724. The second kappa shape index (κ2) is 4.59. The number of hydrogen-bond donors (Lipinski definition) is 1. The standard InChI is InChI=1S/C8H12FN3O2/c1-2-14-8(13)6-5-12(4-3-9)11-7(6)10/h5H,2-4H2,1H3,(H2,10,11). The summed E-state index contributed by atoms with van der Waals surface area (Å²) in [7, 11) is 0. The molecular weight excluding hydrogens is 189 g/mol. The van der Waals surface area contributed by atoms with Gasteiger partial charge in [0.1, 0.15) is 12.2 Å². The third kappa shape index (κ3) is 2.21. The highest BCUT2D eigenvalue weighted by Gasteiger charge is 2.14. The maximum absolute atomic E-state index is 12.0. The van der Waals surface area contributed by atoms with Crippen molar-refractivity contribution in [3.05, 3.63) is 11.8 Å². The van der Waals surface area contributed by atoms with Crippen LogP contribution >= 0.6 is 0 Å². The number of carbonyl (C=O) groups is 1. The Balaban J connectivity index is 2.81. The predicted molar refractivity (Wildman–Crippen MR) is 48.6 cm³/mol. The van der Waals surface area contributed by atoms with Crippen LogP contribution in [0.2, 0.25) is 0 Å². The molecule has 0 radical (unpaired) electrons. The summed E-state index contributed by atoms with van der Waals surface area (Å²) in [5, 5.41) is 3.76. The number of ether oxygens (including phenoxy) is 1. The first-order chi connectivity index (χ1) is 6.69. The Morgan fingerprint density at radius 1 is 1.79 bits per heavy atom. The average Bonchev–Trinajstić information content (AvgIpc) is 2.48. The van der Waals surface area contributed by atoms with Crippen molar-refractivity contribution in [3.8, 4) is 0 Å². The van der Waals surface area contributed by atoms with Gasteiger partial charge in [-0.1, -0.05) is 0 Å². The highest BCUT2D eigenvalue weighted by Crippen LogP contribution is 2.10. The number of hydrogen-bond acceptors (Lipinski definition) is 4. The summed E-state index contributed by atoms with van der Waals surface area (Å²) in [5.74, 6) is -0.466. The van der Waals surface area contributed by atoms with Gasteiger partial charge < -0.3 is 10.5 Å². The lowest BCUT2D eigenvalue weighted by atomic mass is 10.3. The third-order valence-corrected chi connectivity index (χ3v) is 1.60. The van der Waals surface area contributed by atoms with Gasteiger partial charge in [-0.05, 0) is 6.92 Å². The molecule has 2 N–H and O–H groups in total. The molecule has 78 valence electrons. The molecule has 0 fully saturated rings. The van der Waals surface area contributed by atoms with Gasteiger partial charge in [0.2, 0.25) is 0 Å². The van der Waals surface area contributed by atoms with E-state index in [-0.39, 0.29) is 24.5 Å². The van der Waals surface area contributed by atoms with Crippen LogP contribution in [-0.2, 0) is 11.3 Å². The molecule has 0 aliphatic rings. The first kappa shape index (κ1) is 10.5. The Hall–Kier alpha value is -1.59. The fraction of sp³-hybridized carbons (Fsp3) is 0.500. The summed E-state index contributed by atoms with van der Waals surface area (Å²) in [6.07, 6.45) is 1.38. The van der Waals surface area contributed by atoms with E-state index in [1.807, 2.05) is 0 Å². The molecule has 14 heavy (non-hydrogen) atoms. The zero-order valence-corrected chi connectivity index (χ0v) is 7.86. The number of alkyl halides is 1. The van der Waals surface area contributed by atoms with Crippen LogP contribution in [0.1, 0.15) is 17.3 Å². The lowest BCUT2D eigenvalue weighted by Gasteiger charge is -1.97. The second-order valence-electron chi connectivity index (χ2n) is 2.60. The minimum atomic E-state index is -0.552. The van der Waals surface area contributed by atoms with E-state index in [0.29, 0.717) is 0 Å². The van der Waals surface area contributed by atoms with Gasteiger partial charge in [0.15, 0.2) is 5.82 Å². The summed E-state index contributed by atoms with van der Waals surface area (Å²) in [6, 6.07) is 0. The fourth-order valence-corrected chi connectivity index (χ4v) is 1.00. The molecule has 0 aromatic carbocycles. The monoisotopic (exact) mass is 201 g/mol. The Bertz CT molecular complexity index is 324. The zero-order chi connectivity index (χ0) is 10.6. The Kier molecular flexibility index (Phi) is 3.44. The second-order valence-corrected chi connectivity index (χ2v) is 2.60. The van der Waals surface area contributed by atoms with Crippen LogP contribution in [0.4, 0.5) is 10.2 Å². The number of carbonyl (C=O) groups excluding carboxylic acids is 1. The lowest BCUT2D eigenvalue weighted by Crippen LogP contribution is -2.06. The van der Waals surface area contributed by atoms with Crippen LogP contribution in [0, 0.1) is 0 Å². The van der Waals surface area contributed by atoms with Gasteiger partial charge in [-0.3, -0.25) is 4.68 Å². The molecule has 1 heterocycles. The van der Waals surface area contributed by atoms with Crippen LogP contribution in [-0.4, -0.2) is 29.0 Å². The zero-order valence-electron chi connectivity index (χ0n) is 7.86. The summed E-state index contributed by atoms with van der Waals surface area (Å²) in [6.45, 7) is 1.50. The Labute approximate surface area is 80.6 Å². The molecule has 0 atom stereocenters. The van der Waals surface area contributed by atoms with Gasteiger partial charge in [0, 0.05) is 6.20 Å². The molecule has 0 unspecified atom stereocenters. The summed E-state index contributed by atoms with van der Waals surface area (Å²) >= 11 is 0. The molecule has 6 heteroatoms. The molecule has 1 rings (SSSR count). The normalized spacial score (nSPS) is 10.1. The molecule has 0 amide bonds. The topological polar surface area (TPSA) is 70.1 Å². The average molecular weight is 201 g/mol. The van der Waals surface area contributed by atoms with Crippen LogP contribution in [0.3, 0.4) is 0 Å². The van der Waals surface area contributed by atoms with Crippen molar-refractivity contribution in [3.63, 3.8) is 0 Å². The van der Waals surface area contributed by atoms with Crippen molar-refractivity contribution in [2.24, 2.45) is 0 Å². The SMILES string of the molecule is CCOC(=O)c1cn(CCF)nc1N. The minimum Gasteiger partial charge on any atom is -0.462 e. The molecule has 0 saturated heterocycles. The molecule has 0 bridgehead atoms. The Morgan fingerprint density at radius 2 is 2.50 bits per heavy atom. The van der Waals surface area contributed by atoms with Gasteiger partial charge in [-0.15, -0.1) is 0 Å². The smallest absolute Gasteiger partial charge is 0.343 e. The van der Waals surface area contributed by atoms with Gasteiger partial charge in [0.05, 0.1) is 13.2 Å². The maximum Gasteiger partial charge on any atom is 0.343 e. The van der Waals surface area contributed by atoms with E-state index in [2.05, 4.69) is 5.10 Å². The van der Waals surface area contributed by atoms with Crippen molar-refractivity contribution < 1.29 is 13.9 Å². The lowest BCUT2D eigenvalue weighted by molar-refractivity contribution is 0.0527. The number of aromatic nitrogens is 2. The van der Waals surface area contributed by atoms with Gasteiger partial charge in [-0.25, -0.2) is 9.18 Å². The van der Waals surface area contributed by atoms with E-state index in [1.54, 1.807) is 6.92 Å². The number of nitrogen functional groups attached to an aromatic ring is 1. The molecule has 0 spiro atoms. The molecule has 0 aliphatic heterocycles. The molecule has 1 aromatic rings. The number of anilines is 1. The largest absolute Gasteiger partial charge is 0.462 e. The molecule has 0 aliphatic carbocycles. The van der Waals surface area contributed by atoms with Gasteiger partial charge >= 0.3 is 5.97 Å². The van der Waals surface area contributed by atoms with Crippen LogP contribution in [0.5, 0.6) is 0 Å². The van der Waals surface area contributed by atoms with Crippen molar-refractivity contribution >= 4 is 11.8 Å². The van der Waals surface area contributed by atoms with E-state index < -0.39 is 12.6 Å². The number of nitrogens with two attached hydrogens (primary N) is 1. The number of rotatable bonds is 4.